The minimum absolute atomic E-state index is 0. The van der Waals surface area contributed by atoms with Crippen molar-refractivity contribution >= 4 is 41.5 Å². The Hall–Kier alpha value is -2.16. The lowest BCUT2D eigenvalue weighted by Crippen LogP contribution is -2.22. The summed E-state index contributed by atoms with van der Waals surface area (Å²) in [5, 5.41) is 7.51. The molecule has 0 saturated carbocycles. The third kappa shape index (κ3) is 4.45. The maximum Gasteiger partial charge on any atom is 0.417 e. The van der Waals surface area contributed by atoms with Gasteiger partial charge in [-0.1, -0.05) is 0 Å². The first-order valence-electron chi connectivity index (χ1n) is 8.27. The number of fused-ring (bicyclic) bond motifs is 1. The van der Waals surface area contributed by atoms with Gasteiger partial charge in [-0.2, -0.15) is 13.2 Å². The van der Waals surface area contributed by atoms with E-state index < -0.39 is 11.7 Å². The topological polar surface area (TPSA) is 62.7 Å². The molecule has 150 valence electrons. The van der Waals surface area contributed by atoms with Crippen molar-refractivity contribution in [2.24, 2.45) is 0 Å². The van der Waals surface area contributed by atoms with E-state index in [-0.39, 0.29) is 24.8 Å². The van der Waals surface area contributed by atoms with Crippen LogP contribution in [0.25, 0.3) is 22.2 Å². The highest BCUT2D eigenvalue weighted by atomic mass is 35.5. The summed E-state index contributed by atoms with van der Waals surface area (Å²) in [6.45, 7) is 1.83. The zero-order valence-electron chi connectivity index (χ0n) is 14.5. The minimum Gasteiger partial charge on any atom is -0.365 e. The zero-order chi connectivity index (χ0) is 18.1. The Morgan fingerprint density at radius 3 is 2.50 bits per heavy atom. The molecular formula is C18H18Cl2F3N5. The van der Waals surface area contributed by atoms with Crippen LogP contribution in [0, 0.1) is 0 Å². The second-order valence-corrected chi connectivity index (χ2v) is 6.18. The molecule has 1 saturated heterocycles. The largest absolute Gasteiger partial charge is 0.417 e. The zero-order valence-corrected chi connectivity index (χ0v) is 16.2. The van der Waals surface area contributed by atoms with Crippen LogP contribution < -0.4 is 10.6 Å². The van der Waals surface area contributed by atoms with Crippen LogP contribution in [0.5, 0.6) is 0 Å². The van der Waals surface area contributed by atoms with Crippen molar-refractivity contribution in [1.29, 1.82) is 0 Å². The van der Waals surface area contributed by atoms with Crippen molar-refractivity contribution in [3.63, 3.8) is 0 Å². The fourth-order valence-corrected chi connectivity index (χ4v) is 3.07. The summed E-state index contributed by atoms with van der Waals surface area (Å²) in [5.41, 5.74) is 0.884. The first-order valence-corrected chi connectivity index (χ1v) is 8.27. The van der Waals surface area contributed by atoms with Crippen LogP contribution in [0.1, 0.15) is 12.0 Å². The van der Waals surface area contributed by atoms with E-state index in [1.165, 1.54) is 6.07 Å². The van der Waals surface area contributed by atoms with Gasteiger partial charge in [-0.15, -0.1) is 24.8 Å². The Kier molecular flexibility index (Phi) is 7.03. The van der Waals surface area contributed by atoms with Crippen LogP contribution in [0.4, 0.5) is 19.0 Å². The molecule has 2 N–H and O–H groups in total. The average Bonchev–Trinajstić information content (AvgIpc) is 3.15. The number of rotatable bonds is 3. The van der Waals surface area contributed by atoms with Gasteiger partial charge in [0, 0.05) is 42.1 Å². The summed E-state index contributed by atoms with van der Waals surface area (Å²) >= 11 is 0. The van der Waals surface area contributed by atoms with Gasteiger partial charge in [-0.3, -0.25) is 9.97 Å². The summed E-state index contributed by atoms with van der Waals surface area (Å²) in [4.78, 5) is 12.9. The van der Waals surface area contributed by atoms with Crippen LogP contribution >= 0.6 is 24.8 Å². The van der Waals surface area contributed by atoms with E-state index in [2.05, 4.69) is 25.6 Å². The Labute approximate surface area is 172 Å². The van der Waals surface area contributed by atoms with Crippen LogP contribution in [-0.4, -0.2) is 34.1 Å². The molecular weight excluding hydrogens is 414 g/mol. The molecule has 0 aromatic carbocycles. The molecule has 28 heavy (non-hydrogen) atoms. The van der Waals surface area contributed by atoms with E-state index in [4.69, 9.17) is 0 Å². The first kappa shape index (κ1) is 22.1. The van der Waals surface area contributed by atoms with Crippen molar-refractivity contribution in [2.75, 3.05) is 18.4 Å². The average molecular weight is 432 g/mol. The predicted octanol–water partition coefficient (Wildman–Crippen LogP) is 4.33. The predicted molar refractivity (Wildman–Crippen MR) is 107 cm³/mol. The number of hydrogen-bond donors (Lipinski definition) is 2. The molecule has 0 spiro atoms. The highest BCUT2D eigenvalue weighted by molar-refractivity contribution is 5.98. The van der Waals surface area contributed by atoms with Gasteiger partial charge in [0.25, 0.3) is 0 Å². The van der Waals surface area contributed by atoms with Gasteiger partial charge in [-0.05, 0) is 37.2 Å². The molecule has 4 heterocycles. The number of anilines is 1. The number of hydrogen-bond acceptors (Lipinski definition) is 5. The van der Waals surface area contributed by atoms with E-state index in [1.54, 1.807) is 12.4 Å². The van der Waals surface area contributed by atoms with Gasteiger partial charge in [0.05, 0.1) is 16.8 Å². The lowest BCUT2D eigenvalue weighted by atomic mass is 10.1. The normalized spacial score (nSPS) is 16.3. The molecule has 0 bridgehead atoms. The standard InChI is InChI=1S/C18H16F3N5.2ClH/c19-18(20,21)11-3-4-15(24-8-11)14-10-25-17(26-12-5-7-22-9-12)13-2-1-6-23-16(13)14;;/h1-4,6,8,10,12,22H,5,7,9H2,(H,25,26);2*1H/t12-;;/m0../s1. The van der Waals surface area contributed by atoms with Crippen molar-refractivity contribution in [3.05, 3.63) is 48.4 Å². The molecule has 0 unspecified atom stereocenters. The van der Waals surface area contributed by atoms with Crippen LogP contribution in [-0.2, 0) is 6.18 Å². The van der Waals surface area contributed by atoms with E-state index in [1.807, 2.05) is 12.1 Å². The molecule has 3 aromatic rings. The summed E-state index contributed by atoms with van der Waals surface area (Å²) < 4.78 is 38.2. The number of nitrogens with one attached hydrogen (secondary N) is 2. The van der Waals surface area contributed by atoms with Crippen molar-refractivity contribution in [3.8, 4) is 11.3 Å². The van der Waals surface area contributed by atoms with Gasteiger partial charge in [0.2, 0.25) is 0 Å². The van der Waals surface area contributed by atoms with Gasteiger partial charge < -0.3 is 10.6 Å². The lowest BCUT2D eigenvalue weighted by molar-refractivity contribution is -0.137. The fraction of sp³-hybridized carbons (Fsp3) is 0.278. The van der Waals surface area contributed by atoms with Crippen molar-refractivity contribution in [1.82, 2.24) is 20.3 Å². The monoisotopic (exact) mass is 431 g/mol. The van der Waals surface area contributed by atoms with Crippen LogP contribution in [0.2, 0.25) is 0 Å². The van der Waals surface area contributed by atoms with Gasteiger partial charge in [0.15, 0.2) is 0 Å². The molecule has 1 fully saturated rings. The van der Waals surface area contributed by atoms with Crippen molar-refractivity contribution < 1.29 is 13.2 Å². The van der Waals surface area contributed by atoms with Crippen LogP contribution in [0.3, 0.4) is 0 Å². The smallest absolute Gasteiger partial charge is 0.365 e. The molecule has 4 rings (SSSR count). The fourth-order valence-electron chi connectivity index (χ4n) is 3.07. The number of aromatic nitrogens is 3. The highest BCUT2D eigenvalue weighted by Gasteiger charge is 2.30. The summed E-state index contributed by atoms with van der Waals surface area (Å²) in [7, 11) is 0. The SMILES string of the molecule is Cl.Cl.FC(F)(F)c1ccc(-c2cnc(N[C@H]3CCNC3)c3cccnc23)nc1. The maximum absolute atomic E-state index is 12.7. The molecule has 1 atom stereocenters. The van der Waals surface area contributed by atoms with Gasteiger partial charge in [-0.25, -0.2) is 4.98 Å². The molecule has 0 amide bonds. The first-order chi connectivity index (χ1) is 12.5. The third-order valence-electron chi connectivity index (χ3n) is 4.41. The number of alkyl halides is 3. The Bertz CT molecular complexity index is 929. The summed E-state index contributed by atoms with van der Waals surface area (Å²) in [6.07, 6.45) is 0.686. The number of halogens is 5. The Morgan fingerprint density at radius 1 is 1.04 bits per heavy atom. The summed E-state index contributed by atoms with van der Waals surface area (Å²) in [6, 6.07) is 6.37. The third-order valence-corrected chi connectivity index (χ3v) is 4.41. The lowest BCUT2D eigenvalue weighted by Gasteiger charge is -2.15. The molecule has 1 aliphatic rings. The molecule has 0 aliphatic carbocycles. The molecule has 5 nitrogen and oxygen atoms in total. The Morgan fingerprint density at radius 2 is 1.86 bits per heavy atom. The minimum atomic E-state index is -4.41. The number of pyridine rings is 3. The van der Waals surface area contributed by atoms with E-state index in [0.717, 1.165) is 43.0 Å². The quantitative estimate of drug-likeness (QED) is 0.646. The van der Waals surface area contributed by atoms with Gasteiger partial charge >= 0.3 is 6.18 Å². The molecule has 0 radical (unpaired) electrons. The second kappa shape index (κ2) is 8.89. The van der Waals surface area contributed by atoms with E-state index in [9.17, 15) is 13.2 Å². The van der Waals surface area contributed by atoms with E-state index >= 15 is 0 Å². The van der Waals surface area contributed by atoms with Crippen molar-refractivity contribution in [2.45, 2.75) is 18.6 Å². The van der Waals surface area contributed by atoms with Gasteiger partial charge in [0.1, 0.15) is 5.82 Å². The Balaban J connectivity index is 0.00000140. The molecule has 3 aromatic heterocycles. The molecule has 10 heteroatoms. The maximum atomic E-state index is 12.7. The summed E-state index contributed by atoms with van der Waals surface area (Å²) in [5.74, 6) is 0.720. The second-order valence-electron chi connectivity index (χ2n) is 6.18. The number of nitrogens with zero attached hydrogens (tertiary/aromatic N) is 3. The highest BCUT2D eigenvalue weighted by Crippen LogP contribution is 2.32. The van der Waals surface area contributed by atoms with Crippen LogP contribution in [0.15, 0.2) is 42.9 Å². The van der Waals surface area contributed by atoms with E-state index in [0.29, 0.717) is 22.8 Å². The molecule has 1 aliphatic heterocycles.